The number of ether oxygens (including phenoxy) is 1. The molecule has 116 valence electrons. The predicted molar refractivity (Wildman–Crippen MR) is 79.5 cm³/mol. The van der Waals surface area contributed by atoms with Gasteiger partial charge in [-0.15, -0.1) is 0 Å². The van der Waals surface area contributed by atoms with Gasteiger partial charge in [-0.2, -0.15) is 0 Å². The number of amides is 1. The maximum atomic E-state index is 13.3. The molecule has 4 nitrogen and oxygen atoms in total. The van der Waals surface area contributed by atoms with Crippen molar-refractivity contribution < 1.29 is 13.9 Å². The zero-order valence-electron chi connectivity index (χ0n) is 12.2. The largest absolute Gasteiger partial charge is 0.491 e. The number of para-hydroxylation sites is 1. The molecule has 0 saturated heterocycles. The van der Waals surface area contributed by atoms with E-state index in [1.54, 1.807) is 18.2 Å². The zero-order valence-corrected chi connectivity index (χ0v) is 12.2. The van der Waals surface area contributed by atoms with Crippen LogP contribution in [0.3, 0.4) is 0 Å². The number of benzene rings is 1. The normalized spacial score (nSPS) is 21.8. The fraction of sp³-hybridized carbons (Fsp3) is 0.562. The van der Waals surface area contributed by atoms with E-state index in [-0.39, 0.29) is 29.6 Å². The van der Waals surface area contributed by atoms with Crippen LogP contribution >= 0.6 is 0 Å². The van der Waals surface area contributed by atoms with Gasteiger partial charge in [-0.25, -0.2) is 4.39 Å². The minimum absolute atomic E-state index is 0.0348. The minimum Gasteiger partial charge on any atom is -0.491 e. The van der Waals surface area contributed by atoms with Crippen molar-refractivity contribution in [3.8, 4) is 5.75 Å². The minimum atomic E-state index is -0.375. The fourth-order valence-corrected chi connectivity index (χ4v) is 2.54. The number of hydrogen-bond donors (Lipinski definition) is 2. The Morgan fingerprint density at radius 3 is 2.71 bits per heavy atom. The third-order valence-electron chi connectivity index (χ3n) is 3.78. The summed E-state index contributed by atoms with van der Waals surface area (Å²) in [4.78, 5) is 11.8. The fourth-order valence-electron chi connectivity index (χ4n) is 2.54. The van der Waals surface area contributed by atoms with E-state index in [0.29, 0.717) is 19.4 Å². The van der Waals surface area contributed by atoms with Crippen molar-refractivity contribution in [3.05, 3.63) is 30.1 Å². The molecule has 1 aromatic carbocycles. The molecule has 2 rings (SSSR count). The Balaban J connectivity index is 1.60. The average molecular weight is 294 g/mol. The molecule has 0 aliphatic heterocycles. The Bertz CT molecular complexity index is 459. The first-order valence-corrected chi connectivity index (χ1v) is 7.57. The maximum absolute atomic E-state index is 13.3. The number of carbonyl (C=O) groups excluding carboxylic acids is 1. The number of rotatable bonds is 6. The molecule has 1 aliphatic carbocycles. The van der Waals surface area contributed by atoms with Gasteiger partial charge in [-0.05, 0) is 44.2 Å². The summed E-state index contributed by atoms with van der Waals surface area (Å²) in [5.74, 6) is -0.104. The van der Waals surface area contributed by atoms with Gasteiger partial charge >= 0.3 is 0 Å². The van der Waals surface area contributed by atoms with Crippen molar-refractivity contribution in [2.24, 2.45) is 5.73 Å². The van der Waals surface area contributed by atoms with Gasteiger partial charge in [-0.1, -0.05) is 12.1 Å². The molecular weight excluding hydrogens is 271 g/mol. The van der Waals surface area contributed by atoms with Gasteiger partial charge in [0, 0.05) is 18.5 Å². The van der Waals surface area contributed by atoms with E-state index in [0.717, 1.165) is 25.7 Å². The van der Waals surface area contributed by atoms with Gasteiger partial charge < -0.3 is 15.8 Å². The molecule has 0 spiro atoms. The van der Waals surface area contributed by atoms with Crippen LogP contribution < -0.4 is 15.8 Å². The summed E-state index contributed by atoms with van der Waals surface area (Å²) in [6, 6.07) is 6.82. The second-order valence-corrected chi connectivity index (χ2v) is 5.56. The van der Waals surface area contributed by atoms with Gasteiger partial charge in [-0.3, -0.25) is 4.79 Å². The Morgan fingerprint density at radius 1 is 1.29 bits per heavy atom. The number of halogens is 1. The molecule has 0 heterocycles. The van der Waals surface area contributed by atoms with Gasteiger partial charge in [0.05, 0.1) is 6.61 Å². The van der Waals surface area contributed by atoms with E-state index < -0.39 is 0 Å². The summed E-state index contributed by atoms with van der Waals surface area (Å²) in [6.07, 6.45) is 4.84. The van der Waals surface area contributed by atoms with Crippen molar-refractivity contribution in [2.45, 2.75) is 50.6 Å². The van der Waals surface area contributed by atoms with E-state index >= 15 is 0 Å². The van der Waals surface area contributed by atoms with Crippen LogP contribution in [0.1, 0.15) is 38.5 Å². The molecule has 1 aliphatic rings. The number of nitrogens with one attached hydrogen (secondary N) is 1. The molecule has 1 fully saturated rings. The summed E-state index contributed by atoms with van der Waals surface area (Å²) in [6.45, 7) is 0.337. The smallest absolute Gasteiger partial charge is 0.220 e. The lowest BCUT2D eigenvalue weighted by Gasteiger charge is -2.26. The first kappa shape index (κ1) is 15.8. The van der Waals surface area contributed by atoms with Crippen molar-refractivity contribution in [2.75, 3.05) is 6.61 Å². The van der Waals surface area contributed by atoms with Crippen LogP contribution in [0.15, 0.2) is 24.3 Å². The molecule has 5 heteroatoms. The van der Waals surface area contributed by atoms with E-state index in [1.165, 1.54) is 6.07 Å². The first-order chi connectivity index (χ1) is 10.1. The quantitative estimate of drug-likeness (QED) is 0.792. The Labute approximate surface area is 124 Å². The van der Waals surface area contributed by atoms with Crippen LogP contribution in [0.4, 0.5) is 4.39 Å². The molecule has 0 atom stereocenters. The molecule has 0 unspecified atom stereocenters. The lowest BCUT2D eigenvalue weighted by molar-refractivity contribution is -0.122. The molecule has 1 aromatic rings. The average Bonchev–Trinajstić information content (AvgIpc) is 2.48. The van der Waals surface area contributed by atoms with Crippen molar-refractivity contribution in [1.29, 1.82) is 0 Å². The highest BCUT2D eigenvalue weighted by Crippen LogP contribution is 2.17. The first-order valence-electron chi connectivity index (χ1n) is 7.57. The van der Waals surface area contributed by atoms with Crippen molar-refractivity contribution in [1.82, 2.24) is 5.32 Å². The highest BCUT2D eigenvalue weighted by Gasteiger charge is 2.19. The Morgan fingerprint density at radius 2 is 2.00 bits per heavy atom. The topological polar surface area (TPSA) is 64.3 Å². The van der Waals surface area contributed by atoms with E-state index in [1.807, 2.05) is 0 Å². The standard InChI is InChI=1S/C16H23FN2O2/c17-14-4-1-2-5-15(14)21-11-3-6-16(20)19-13-9-7-12(18)8-10-13/h1-2,4-5,12-13H,3,6-11,18H2,(H,19,20). The number of carbonyl (C=O) groups is 1. The monoisotopic (exact) mass is 294 g/mol. The summed E-state index contributed by atoms with van der Waals surface area (Å²) in [7, 11) is 0. The zero-order chi connectivity index (χ0) is 15.1. The third kappa shape index (κ3) is 5.34. The van der Waals surface area contributed by atoms with Crippen molar-refractivity contribution >= 4 is 5.91 Å². The summed E-state index contributed by atoms with van der Waals surface area (Å²) in [5, 5.41) is 3.03. The third-order valence-corrected chi connectivity index (χ3v) is 3.78. The molecule has 1 saturated carbocycles. The lowest BCUT2D eigenvalue weighted by atomic mass is 9.92. The molecule has 3 N–H and O–H groups in total. The van der Waals surface area contributed by atoms with Gasteiger partial charge in [0.2, 0.25) is 5.91 Å². The number of hydrogen-bond acceptors (Lipinski definition) is 3. The van der Waals surface area contributed by atoms with Crippen LogP contribution in [0, 0.1) is 5.82 Å². The highest BCUT2D eigenvalue weighted by atomic mass is 19.1. The molecule has 1 amide bonds. The Hall–Kier alpha value is -1.62. The summed E-state index contributed by atoms with van der Waals surface area (Å²) < 4.78 is 18.6. The second-order valence-electron chi connectivity index (χ2n) is 5.56. The van der Waals surface area contributed by atoms with Gasteiger partial charge in [0.1, 0.15) is 0 Å². The SMILES string of the molecule is NC1CCC(NC(=O)CCCOc2ccccc2F)CC1. The van der Waals surface area contributed by atoms with Crippen LogP contribution in [0.2, 0.25) is 0 Å². The lowest BCUT2D eigenvalue weighted by Crippen LogP contribution is -2.40. The highest BCUT2D eigenvalue weighted by molar-refractivity contribution is 5.76. The second kappa shape index (κ2) is 7.98. The number of nitrogens with two attached hydrogens (primary N) is 1. The van der Waals surface area contributed by atoms with E-state index in [2.05, 4.69) is 5.32 Å². The Kier molecular flexibility index (Phi) is 5.99. The molecule has 21 heavy (non-hydrogen) atoms. The van der Waals surface area contributed by atoms with Crippen LogP contribution in [-0.2, 0) is 4.79 Å². The molecule has 0 radical (unpaired) electrons. The van der Waals surface area contributed by atoms with E-state index in [4.69, 9.17) is 10.5 Å². The summed E-state index contributed by atoms with van der Waals surface area (Å²) in [5.41, 5.74) is 5.83. The van der Waals surface area contributed by atoms with Crippen molar-refractivity contribution in [3.63, 3.8) is 0 Å². The molecule has 0 bridgehead atoms. The van der Waals surface area contributed by atoms with Crippen LogP contribution in [-0.4, -0.2) is 24.6 Å². The van der Waals surface area contributed by atoms with E-state index in [9.17, 15) is 9.18 Å². The maximum Gasteiger partial charge on any atom is 0.220 e. The van der Waals surface area contributed by atoms with Gasteiger partial charge in [0.25, 0.3) is 0 Å². The predicted octanol–water partition coefficient (Wildman–Crippen LogP) is 2.37. The van der Waals surface area contributed by atoms with Crippen LogP contribution in [0.5, 0.6) is 5.75 Å². The molecular formula is C16H23FN2O2. The molecule has 0 aromatic heterocycles. The summed E-state index contributed by atoms with van der Waals surface area (Å²) >= 11 is 0. The van der Waals surface area contributed by atoms with Gasteiger partial charge in [0.15, 0.2) is 11.6 Å². The van der Waals surface area contributed by atoms with Crippen LogP contribution in [0.25, 0.3) is 0 Å².